The number of benzene rings is 2. The summed E-state index contributed by atoms with van der Waals surface area (Å²) in [7, 11) is 0. The van der Waals surface area contributed by atoms with Crippen LogP contribution < -0.4 is 0 Å². The van der Waals surface area contributed by atoms with E-state index in [1.807, 2.05) is 6.07 Å². The van der Waals surface area contributed by atoms with Gasteiger partial charge in [-0.05, 0) is 35.4 Å². The second-order valence-electron chi connectivity index (χ2n) is 5.41. The van der Waals surface area contributed by atoms with E-state index in [-0.39, 0.29) is 5.82 Å². The number of imidazole rings is 1. The summed E-state index contributed by atoms with van der Waals surface area (Å²) in [5.41, 5.74) is 1.64. The maximum atomic E-state index is 15.0. The average molecular weight is 399 g/mol. The van der Waals surface area contributed by atoms with Crippen LogP contribution >= 0.6 is 35.0 Å². The van der Waals surface area contributed by atoms with Crippen LogP contribution in [0.25, 0.3) is 0 Å². The lowest BCUT2D eigenvalue weighted by Crippen LogP contribution is -2.10. The van der Waals surface area contributed by atoms with Crippen LogP contribution in [0.15, 0.2) is 61.2 Å². The number of alkyl halides is 1. The molecule has 3 aromatic rings. The lowest BCUT2D eigenvalue weighted by molar-refractivity contribution is 0.235. The lowest BCUT2D eigenvalue weighted by Gasteiger charge is -2.22. The van der Waals surface area contributed by atoms with Gasteiger partial charge in [0.1, 0.15) is 5.82 Å². The van der Waals surface area contributed by atoms with E-state index in [0.717, 1.165) is 5.56 Å². The molecule has 130 valence electrons. The number of aromatic nitrogens is 2. The Balaban J connectivity index is 1.82. The molecule has 1 aromatic heterocycles. The number of rotatable bonds is 6. The minimum atomic E-state index is -1.33. The van der Waals surface area contributed by atoms with Crippen molar-refractivity contribution in [2.45, 2.75) is 17.3 Å². The molecular weight excluding hydrogens is 385 g/mol. The first-order valence-corrected chi connectivity index (χ1v) is 9.27. The van der Waals surface area contributed by atoms with Gasteiger partial charge in [0, 0.05) is 18.1 Å². The molecule has 25 heavy (non-hydrogen) atoms. The Bertz CT molecular complexity index is 826. The van der Waals surface area contributed by atoms with Crippen LogP contribution in [0.3, 0.4) is 0 Å². The molecule has 0 fully saturated rings. The van der Waals surface area contributed by atoms with Gasteiger partial charge in [0.05, 0.1) is 21.6 Å². The van der Waals surface area contributed by atoms with Gasteiger partial charge >= 0.3 is 0 Å². The van der Waals surface area contributed by atoms with E-state index in [2.05, 4.69) is 4.98 Å². The van der Waals surface area contributed by atoms with Crippen molar-refractivity contribution in [3.63, 3.8) is 0 Å². The van der Waals surface area contributed by atoms with Crippen LogP contribution in [-0.4, -0.2) is 9.55 Å². The van der Waals surface area contributed by atoms with Gasteiger partial charge in [-0.15, -0.1) is 11.8 Å². The monoisotopic (exact) mass is 398 g/mol. The molecule has 1 heterocycles. The van der Waals surface area contributed by atoms with Crippen molar-refractivity contribution in [1.82, 2.24) is 9.55 Å². The summed E-state index contributed by atoms with van der Waals surface area (Å²) in [6.07, 6.45) is 3.19. The summed E-state index contributed by atoms with van der Waals surface area (Å²) in [4.78, 5) is 3.89. The predicted molar refractivity (Wildman–Crippen MR) is 99.3 cm³/mol. The van der Waals surface area contributed by atoms with E-state index in [0.29, 0.717) is 21.4 Å². The highest BCUT2D eigenvalue weighted by molar-refractivity contribution is 7.98. The average Bonchev–Trinajstić information content (AvgIpc) is 3.14. The Hall–Kier alpha value is -1.56. The molecule has 2 aromatic carbocycles. The zero-order chi connectivity index (χ0) is 17.8. The van der Waals surface area contributed by atoms with E-state index in [9.17, 15) is 4.39 Å². The van der Waals surface area contributed by atoms with Gasteiger partial charge in [-0.2, -0.15) is 0 Å². The molecule has 0 aliphatic rings. The van der Waals surface area contributed by atoms with Crippen molar-refractivity contribution in [3.05, 3.63) is 88.2 Å². The Morgan fingerprint density at radius 3 is 2.48 bits per heavy atom. The maximum absolute atomic E-state index is 15.0. The molecule has 0 amide bonds. The van der Waals surface area contributed by atoms with Gasteiger partial charge in [-0.3, -0.25) is 0 Å². The molecule has 0 bridgehead atoms. The number of thioether (sulfide) groups is 1. The minimum absolute atomic E-state index is 0.352. The number of nitrogens with zero attached hydrogens (tertiary/aromatic N) is 2. The van der Waals surface area contributed by atoms with Crippen molar-refractivity contribution >= 4 is 35.0 Å². The van der Waals surface area contributed by atoms with Crippen molar-refractivity contribution in [3.8, 4) is 0 Å². The molecule has 0 saturated carbocycles. The first-order chi connectivity index (χ1) is 12.0. The van der Waals surface area contributed by atoms with Crippen molar-refractivity contribution in [2.75, 3.05) is 0 Å². The first kappa shape index (κ1) is 18.2. The largest absolute Gasteiger partial charge is 0.305 e. The second kappa shape index (κ2) is 8.21. The summed E-state index contributed by atoms with van der Waals surface area (Å²) >= 11 is 13.4. The second-order valence-corrected chi connectivity index (χ2v) is 7.36. The zero-order valence-electron chi connectivity index (χ0n) is 12.9. The van der Waals surface area contributed by atoms with Gasteiger partial charge in [-0.1, -0.05) is 41.4 Å². The van der Waals surface area contributed by atoms with Gasteiger partial charge in [-0.25, -0.2) is 13.8 Å². The van der Waals surface area contributed by atoms with Crippen LogP contribution in [0.5, 0.6) is 0 Å². The summed E-state index contributed by atoms with van der Waals surface area (Å²) < 4.78 is 29.6. The molecule has 0 saturated heterocycles. The van der Waals surface area contributed by atoms with Gasteiger partial charge in [0.2, 0.25) is 0 Å². The van der Waals surface area contributed by atoms with Gasteiger partial charge in [0.15, 0.2) is 6.30 Å². The molecule has 7 heteroatoms. The molecule has 0 N–H and O–H groups in total. The van der Waals surface area contributed by atoms with Crippen LogP contribution in [0.4, 0.5) is 8.78 Å². The van der Waals surface area contributed by atoms with Crippen molar-refractivity contribution in [2.24, 2.45) is 0 Å². The zero-order valence-corrected chi connectivity index (χ0v) is 15.3. The quantitative estimate of drug-likeness (QED) is 0.473. The van der Waals surface area contributed by atoms with E-state index in [1.54, 1.807) is 30.5 Å². The standard InChI is InChI=1S/C18H14Cl2F2N2S/c19-15-6-1-12(9-16(15)20)10-25-17(13-2-4-14(21)5-3-13)18(22)24-8-7-23-11-24/h1-9,11,17-18H,10H2. The van der Waals surface area contributed by atoms with E-state index < -0.39 is 11.5 Å². The molecule has 0 aliphatic carbocycles. The minimum Gasteiger partial charge on any atom is -0.305 e. The number of hydrogen-bond acceptors (Lipinski definition) is 2. The fourth-order valence-corrected chi connectivity index (χ4v) is 3.90. The molecular formula is C18H14Cl2F2N2S. The summed E-state index contributed by atoms with van der Waals surface area (Å²) in [6.45, 7) is 0. The Kier molecular flexibility index (Phi) is 5.99. The molecule has 0 radical (unpaired) electrons. The van der Waals surface area contributed by atoms with Crippen molar-refractivity contribution in [1.29, 1.82) is 0 Å². The first-order valence-electron chi connectivity index (χ1n) is 7.47. The fourth-order valence-electron chi connectivity index (χ4n) is 2.37. The highest BCUT2D eigenvalue weighted by Crippen LogP contribution is 2.41. The van der Waals surface area contributed by atoms with E-state index >= 15 is 4.39 Å². The van der Waals surface area contributed by atoms with Gasteiger partial charge < -0.3 is 4.57 Å². The number of hydrogen-bond donors (Lipinski definition) is 0. The highest BCUT2D eigenvalue weighted by Gasteiger charge is 2.25. The van der Waals surface area contributed by atoms with Crippen LogP contribution in [0, 0.1) is 5.82 Å². The van der Waals surface area contributed by atoms with E-state index in [1.165, 1.54) is 41.0 Å². The Morgan fingerprint density at radius 2 is 1.84 bits per heavy atom. The molecule has 0 spiro atoms. The normalized spacial score (nSPS) is 13.6. The Labute approximate surface area is 158 Å². The fraction of sp³-hybridized carbons (Fsp3) is 0.167. The van der Waals surface area contributed by atoms with Gasteiger partial charge in [0.25, 0.3) is 0 Å². The summed E-state index contributed by atoms with van der Waals surface area (Å²) in [5, 5.41) is 0.418. The predicted octanol–water partition coefficient (Wildman–Crippen LogP) is 6.47. The van der Waals surface area contributed by atoms with Crippen molar-refractivity contribution < 1.29 is 8.78 Å². The third kappa shape index (κ3) is 4.54. The van der Waals surface area contributed by atoms with Crippen LogP contribution in [-0.2, 0) is 5.75 Å². The molecule has 2 unspecified atom stereocenters. The third-order valence-electron chi connectivity index (χ3n) is 3.67. The smallest absolute Gasteiger partial charge is 0.193 e. The summed E-state index contributed by atoms with van der Waals surface area (Å²) in [6, 6.07) is 11.2. The molecule has 0 aliphatic heterocycles. The topological polar surface area (TPSA) is 17.8 Å². The number of halogens is 4. The molecule has 2 nitrogen and oxygen atoms in total. The summed E-state index contributed by atoms with van der Waals surface area (Å²) in [5.74, 6) is 0.184. The van der Waals surface area contributed by atoms with Crippen LogP contribution in [0.2, 0.25) is 10.0 Å². The molecule has 3 rings (SSSR count). The van der Waals surface area contributed by atoms with Crippen LogP contribution in [0.1, 0.15) is 22.7 Å². The van der Waals surface area contributed by atoms with E-state index in [4.69, 9.17) is 23.2 Å². The SMILES string of the molecule is Fc1ccc(C(SCc2ccc(Cl)c(Cl)c2)C(F)n2ccnc2)cc1. The lowest BCUT2D eigenvalue weighted by atomic mass is 10.1. The highest BCUT2D eigenvalue weighted by atomic mass is 35.5. The third-order valence-corrected chi connectivity index (χ3v) is 5.77. The molecule has 2 atom stereocenters. The Morgan fingerprint density at radius 1 is 1.08 bits per heavy atom. The maximum Gasteiger partial charge on any atom is 0.193 e.